The third kappa shape index (κ3) is 4.67. The van der Waals surface area contributed by atoms with Gasteiger partial charge in [0, 0.05) is 19.0 Å². The van der Waals surface area contributed by atoms with Gasteiger partial charge in [0.05, 0.1) is 4.90 Å². The van der Waals surface area contributed by atoms with E-state index in [0.29, 0.717) is 16.9 Å². The standard InChI is InChI=1S/C19H23N3O5S/c1-12-9-16(14-3-2-8-21-11-14)27-19(24)17(12)18(23)22-10-13-4-6-15(7-5-13)28(20,25)26/h4-7,9,14,21H,2-3,8,10-11H2,1H3,(H,22,23)(H2,20,25,26). The van der Waals surface area contributed by atoms with E-state index in [0.717, 1.165) is 25.9 Å². The van der Waals surface area contributed by atoms with Gasteiger partial charge in [0.1, 0.15) is 11.3 Å². The van der Waals surface area contributed by atoms with E-state index in [9.17, 15) is 18.0 Å². The van der Waals surface area contributed by atoms with Crippen LogP contribution < -0.4 is 21.4 Å². The molecule has 0 saturated carbocycles. The molecule has 28 heavy (non-hydrogen) atoms. The van der Waals surface area contributed by atoms with Gasteiger partial charge in [-0.25, -0.2) is 18.4 Å². The van der Waals surface area contributed by atoms with Crippen LogP contribution in [0.3, 0.4) is 0 Å². The number of aryl methyl sites for hydroxylation is 1. The van der Waals surface area contributed by atoms with E-state index < -0.39 is 21.6 Å². The Labute approximate surface area is 163 Å². The predicted octanol–water partition coefficient (Wildman–Crippen LogP) is 0.993. The highest BCUT2D eigenvalue weighted by Crippen LogP contribution is 2.23. The molecule has 1 fully saturated rings. The molecule has 1 saturated heterocycles. The molecule has 0 spiro atoms. The Hall–Kier alpha value is -2.49. The highest BCUT2D eigenvalue weighted by Gasteiger charge is 2.22. The first kappa shape index (κ1) is 20.2. The van der Waals surface area contributed by atoms with Crippen molar-refractivity contribution in [3.63, 3.8) is 0 Å². The molecule has 1 amide bonds. The largest absolute Gasteiger partial charge is 0.427 e. The maximum absolute atomic E-state index is 12.5. The second-order valence-electron chi connectivity index (χ2n) is 6.91. The number of amides is 1. The smallest absolute Gasteiger partial charge is 0.349 e. The van der Waals surface area contributed by atoms with Crippen LogP contribution in [0.1, 0.15) is 46.0 Å². The lowest BCUT2D eigenvalue weighted by Gasteiger charge is -2.22. The normalized spacial score (nSPS) is 17.3. The fraction of sp³-hybridized carbons (Fsp3) is 0.368. The number of carbonyl (C=O) groups excluding carboxylic acids is 1. The summed E-state index contributed by atoms with van der Waals surface area (Å²) in [6.45, 7) is 3.56. The van der Waals surface area contributed by atoms with Crippen molar-refractivity contribution in [3.05, 3.63) is 63.2 Å². The number of primary sulfonamides is 1. The zero-order chi connectivity index (χ0) is 20.3. The SMILES string of the molecule is Cc1cc(C2CCCNC2)oc(=O)c1C(=O)NCc1ccc(S(N)(=O)=O)cc1. The van der Waals surface area contributed by atoms with Gasteiger partial charge in [-0.2, -0.15) is 0 Å². The lowest BCUT2D eigenvalue weighted by molar-refractivity contribution is 0.0945. The van der Waals surface area contributed by atoms with Crippen LogP contribution in [0.5, 0.6) is 0 Å². The number of piperidine rings is 1. The molecule has 8 nitrogen and oxygen atoms in total. The minimum absolute atomic E-state index is 0.00754. The summed E-state index contributed by atoms with van der Waals surface area (Å²) in [6.07, 6.45) is 1.95. The molecule has 150 valence electrons. The molecule has 0 aliphatic carbocycles. The minimum atomic E-state index is -3.76. The van der Waals surface area contributed by atoms with E-state index in [1.54, 1.807) is 25.1 Å². The van der Waals surface area contributed by atoms with E-state index >= 15 is 0 Å². The fourth-order valence-electron chi connectivity index (χ4n) is 3.27. The maximum Gasteiger partial charge on any atom is 0.349 e. The van der Waals surface area contributed by atoms with Gasteiger partial charge in [0.2, 0.25) is 10.0 Å². The van der Waals surface area contributed by atoms with E-state index in [4.69, 9.17) is 9.56 Å². The van der Waals surface area contributed by atoms with E-state index in [-0.39, 0.29) is 22.9 Å². The number of sulfonamides is 1. The van der Waals surface area contributed by atoms with Crippen molar-refractivity contribution in [3.8, 4) is 0 Å². The van der Waals surface area contributed by atoms with Crippen molar-refractivity contribution in [1.29, 1.82) is 0 Å². The number of nitrogens with two attached hydrogens (primary N) is 1. The lowest BCUT2D eigenvalue weighted by Crippen LogP contribution is -2.31. The summed E-state index contributed by atoms with van der Waals surface area (Å²) in [5.74, 6) is 0.203. The van der Waals surface area contributed by atoms with Gasteiger partial charge in [-0.15, -0.1) is 0 Å². The molecule has 1 atom stereocenters. The second-order valence-corrected chi connectivity index (χ2v) is 8.47. The Morgan fingerprint density at radius 3 is 2.61 bits per heavy atom. The fourth-order valence-corrected chi connectivity index (χ4v) is 3.78. The number of hydrogen-bond acceptors (Lipinski definition) is 6. The number of nitrogens with one attached hydrogen (secondary N) is 2. The summed E-state index contributed by atoms with van der Waals surface area (Å²) in [6, 6.07) is 7.59. The predicted molar refractivity (Wildman–Crippen MR) is 104 cm³/mol. The van der Waals surface area contributed by atoms with Crippen LogP contribution in [-0.2, 0) is 16.6 Å². The Morgan fingerprint density at radius 2 is 2.04 bits per heavy atom. The third-order valence-corrected chi connectivity index (χ3v) is 5.73. The van der Waals surface area contributed by atoms with Crippen molar-refractivity contribution in [1.82, 2.24) is 10.6 Å². The first-order chi connectivity index (χ1) is 13.3. The number of hydrogen-bond donors (Lipinski definition) is 3. The van der Waals surface area contributed by atoms with Crippen LogP contribution in [0.25, 0.3) is 0 Å². The first-order valence-electron chi connectivity index (χ1n) is 9.01. The van der Waals surface area contributed by atoms with E-state index in [1.165, 1.54) is 12.1 Å². The third-order valence-electron chi connectivity index (χ3n) is 4.80. The molecule has 1 aromatic heterocycles. The van der Waals surface area contributed by atoms with Crippen molar-refractivity contribution in [2.24, 2.45) is 5.14 Å². The molecule has 9 heteroatoms. The highest BCUT2D eigenvalue weighted by molar-refractivity contribution is 7.89. The summed E-state index contributed by atoms with van der Waals surface area (Å²) >= 11 is 0. The van der Waals surface area contributed by atoms with Gasteiger partial charge in [-0.05, 0) is 55.6 Å². The van der Waals surface area contributed by atoms with Crippen molar-refractivity contribution < 1.29 is 17.6 Å². The zero-order valence-electron chi connectivity index (χ0n) is 15.5. The molecule has 3 rings (SSSR count). The van der Waals surface area contributed by atoms with Crippen molar-refractivity contribution in [2.75, 3.05) is 13.1 Å². The van der Waals surface area contributed by atoms with Crippen LogP contribution in [0.15, 0.2) is 44.4 Å². The summed E-state index contributed by atoms with van der Waals surface area (Å²) < 4.78 is 28.0. The molecular weight excluding hydrogens is 382 g/mol. The Morgan fingerprint density at radius 1 is 1.32 bits per heavy atom. The van der Waals surface area contributed by atoms with Crippen LogP contribution in [0.2, 0.25) is 0 Å². The van der Waals surface area contributed by atoms with Crippen LogP contribution in [-0.4, -0.2) is 27.4 Å². The van der Waals surface area contributed by atoms with Crippen molar-refractivity contribution in [2.45, 2.75) is 37.1 Å². The Bertz CT molecular complexity index is 1020. The van der Waals surface area contributed by atoms with Gasteiger partial charge in [0.25, 0.3) is 5.91 Å². The topological polar surface area (TPSA) is 132 Å². The van der Waals surface area contributed by atoms with E-state index in [2.05, 4.69) is 10.6 Å². The quantitative estimate of drug-likeness (QED) is 0.680. The van der Waals surface area contributed by atoms with Gasteiger partial charge in [-0.1, -0.05) is 12.1 Å². The molecule has 1 aliphatic heterocycles. The number of benzene rings is 1. The first-order valence-corrected chi connectivity index (χ1v) is 10.6. The average Bonchev–Trinajstić information content (AvgIpc) is 2.66. The molecule has 2 aromatic rings. The zero-order valence-corrected chi connectivity index (χ0v) is 16.3. The molecule has 0 radical (unpaired) electrons. The number of carbonyl (C=O) groups is 1. The summed E-state index contributed by atoms with van der Waals surface area (Å²) in [5, 5.41) is 11.0. The minimum Gasteiger partial charge on any atom is -0.427 e. The molecular formula is C19H23N3O5S. The Kier molecular flexibility index (Phi) is 5.97. The summed E-state index contributed by atoms with van der Waals surface area (Å²) in [7, 11) is -3.76. The molecule has 2 heterocycles. The van der Waals surface area contributed by atoms with Crippen LogP contribution >= 0.6 is 0 Å². The van der Waals surface area contributed by atoms with Crippen LogP contribution in [0.4, 0.5) is 0 Å². The summed E-state index contributed by atoms with van der Waals surface area (Å²) in [5.41, 5.74) is 0.572. The highest BCUT2D eigenvalue weighted by atomic mass is 32.2. The van der Waals surface area contributed by atoms with Gasteiger partial charge in [-0.3, -0.25) is 4.79 Å². The van der Waals surface area contributed by atoms with Gasteiger partial charge < -0.3 is 15.1 Å². The molecule has 1 unspecified atom stereocenters. The summed E-state index contributed by atoms with van der Waals surface area (Å²) in [4.78, 5) is 24.8. The van der Waals surface area contributed by atoms with Gasteiger partial charge >= 0.3 is 5.63 Å². The second kappa shape index (κ2) is 8.26. The maximum atomic E-state index is 12.5. The average molecular weight is 405 g/mol. The monoisotopic (exact) mass is 405 g/mol. The lowest BCUT2D eigenvalue weighted by atomic mass is 9.95. The van der Waals surface area contributed by atoms with E-state index in [1.807, 2.05) is 0 Å². The molecule has 4 N–H and O–H groups in total. The number of rotatable bonds is 5. The molecule has 1 aliphatic rings. The molecule has 1 aromatic carbocycles. The van der Waals surface area contributed by atoms with Gasteiger partial charge in [0.15, 0.2) is 0 Å². The van der Waals surface area contributed by atoms with Crippen molar-refractivity contribution >= 4 is 15.9 Å². The molecule has 0 bridgehead atoms. The Balaban J connectivity index is 1.71. The van der Waals surface area contributed by atoms with Crippen LogP contribution in [0, 0.1) is 6.92 Å².